The molecule has 0 spiro atoms. The second-order valence-corrected chi connectivity index (χ2v) is 5.94. The lowest BCUT2D eigenvalue weighted by Crippen LogP contribution is -2.25. The Morgan fingerprint density at radius 2 is 2.06 bits per heavy atom. The van der Waals surface area contributed by atoms with E-state index in [4.69, 9.17) is 28.3 Å². The molecular weight excluding hydrogens is 283 g/mol. The maximum absolute atomic E-state index is 11.8. The van der Waals surface area contributed by atoms with Gasteiger partial charge in [0.2, 0.25) is 0 Å². The summed E-state index contributed by atoms with van der Waals surface area (Å²) in [4.78, 5) is 10.8. The number of carboxylic acids is 1. The highest BCUT2D eigenvalue weighted by Crippen LogP contribution is 2.23. The van der Waals surface area contributed by atoms with Crippen molar-refractivity contribution in [3.63, 3.8) is 0 Å². The second-order valence-electron chi connectivity index (χ2n) is 3.51. The van der Waals surface area contributed by atoms with E-state index < -0.39 is 22.0 Å². The Kier molecular flexibility index (Phi) is 5.43. The number of benzene rings is 1. The van der Waals surface area contributed by atoms with Crippen LogP contribution in [0, 0.1) is 0 Å². The van der Waals surface area contributed by atoms with E-state index in [1.165, 1.54) is 0 Å². The lowest BCUT2D eigenvalue weighted by molar-refractivity contribution is -0.136. The molecule has 0 bridgehead atoms. The minimum Gasteiger partial charge on any atom is -0.480 e. The van der Waals surface area contributed by atoms with Gasteiger partial charge >= 0.3 is 5.97 Å². The first-order chi connectivity index (χ1) is 7.95. The van der Waals surface area contributed by atoms with Gasteiger partial charge in [-0.05, 0) is 24.1 Å². The summed E-state index contributed by atoms with van der Waals surface area (Å²) < 4.78 is 11.8. The van der Waals surface area contributed by atoms with Crippen molar-refractivity contribution in [3.8, 4) is 0 Å². The summed E-state index contributed by atoms with van der Waals surface area (Å²) in [5.41, 5.74) is 0.720. The van der Waals surface area contributed by atoms with Gasteiger partial charge in [0.05, 0.1) is 10.0 Å². The van der Waals surface area contributed by atoms with Crippen LogP contribution in [-0.4, -0.2) is 20.5 Å². The van der Waals surface area contributed by atoms with Crippen LogP contribution in [0.4, 0.5) is 0 Å². The van der Waals surface area contributed by atoms with Gasteiger partial charge in [-0.25, -0.2) is 0 Å². The van der Waals surface area contributed by atoms with Crippen LogP contribution < -0.4 is 0 Å². The smallest absolute Gasteiger partial charge is 0.319 e. The monoisotopic (exact) mass is 294 g/mol. The molecule has 0 aliphatic carbocycles. The maximum Gasteiger partial charge on any atom is 0.319 e. The average molecular weight is 295 g/mol. The van der Waals surface area contributed by atoms with Crippen molar-refractivity contribution >= 4 is 40.0 Å². The lowest BCUT2D eigenvalue weighted by atomic mass is 10.2. The number of aliphatic carboxylic acids is 1. The number of rotatable bonds is 5. The topological polar surface area (TPSA) is 54.4 Å². The predicted molar refractivity (Wildman–Crippen MR) is 70.0 cm³/mol. The third-order valence-corrected chi connectivity index (χ3v) is 4.78. The average Bonchev–Trinajstić information content (AvgIpc) is 2.24. The molecule has 2 unspecified atom stereocenters. The minimum atomic E-state index is -1.46. The molecule has 1 aromatic rings. The fraction of sp³-hybridized carbons (Fsp3) is 0.364. The SMILES string of the molecule is CCC(C(=O)O)S(=O)Cc1ccc(Cl)c(Cl)c1. The fourth-order valence-corrected chi connectivity index (χ4v) is 2.99. The van der Waals surface area contributed by atoms with Crippen molar-refractivity contribution in [3.05, 3.63) is 33.8 Å². The maximum atomic E-state index is 11.8. The zero-order valence-electron chi connectivity index (χ0n) is 9.15. The first-order valence-electron chi connectivity index (χ1n) is 4.99. The quantitative estimate of drug-likeness (QED) is 0.908. The Labute approximate surface area is 112 Å². The van der Waals surface area contributed by atoms with Crippen molar-refractivity contribution in [1.82, 2.24) is 0 Å². The molecule has 3 nitrogen and oxygen atoms in total. The number of carbonyl (C=O) groups is 1. The van der Waals surface area contributed by atoms with E-state index in [0.717, 1.165) is 5.56 Å². The molecule has 0 aromatic heterocycles. The Balaban J connectivity index is 2.80. The van der Waals surface area contributed by atoms with E-state index in [1.54, 1.807) is 25.1 Å². The van der Waals surface area contributed by atoms with E-state index >= 15 is 0 Å². The molecule has 1 N–H and O–H groups in total. The van der Waals surface area contributed by atoms with Crippen LogP contribution >= 0.6 is 23.2 Å². The highest BCUT2D eigenvalue weighted by atomic mass is 35.5. The molecule has 1 aromatic carbocycles. The molecule has 1 rings (SSSR count). The summed E-state index contributed by atoms with van der Waals surface area (Å²) in [5.74, 6) is -0.868. The normalized spacial score (nSPS) is 14.3. The van der Waals surface area contributed by atoms with E-state index in [-0.39, 0.29) is 5.75 Å². The molecule has 0 radical (unpaired) electrons. The van der Waals surface area contributed by atoms with E-state index in [2.05, 4.69) is 0 Å². The van der Waals surface area contributed by atoms with Gasteiger partial charge in [0, 0.05) is 16.6 Å². The van der Waals surface area contributed by atoms with Gasteiger partial charge in [-0.2, -0.15) is 0 Å². The second kappa shape index (κ2) is 6.38. The summed E-state index contributed by atoms with van der Waals surface area (Å²) in [5, 5.41) is 8.84. The first kappa shape index (κ1) is 14.5. The lowest BCUT2D eigenvalue weighted by Gasteiger charge is -2.10. The first-order valence-corrected chi connectivity index (χ1v) is 7.13. The van der Waals surface area contributed by atoms with Gasteiger partial charge in [-0.3, -0.25) is 9.00 Å². The Hall–Kier alpha value is -0.580. The van der Waals surface area contributed by atoms with Gasteiger partial charge < -0.3 is 5.11 Å². The number of hydrogen-bond donors (Lipinski definition) is 1. The summed E-state index contributed by atoms with van der Waals surface area (Å²) in [6.45, 7) is 1.70. The van der Waals surface area contributed by atoms with Crippen LogP contribution in [0.1, 0.15) is 18.9 Å². The van der Waals surface area contributed by atoms with E-state index in [0.29, 0.717) is 16.5 Å². The predicted octanol–water partition coefficient (Wildman–Crippen LogP) is 3.11. The molecule has 0 aliphatic heterocycles. The molecule has 0 amide bonds. The fourth-order valence-electron chi connectivity index (χ4n) is 1.37. The van der Waals surface area contributed by atoms with Gasteiger partial charge in [0.1, 0.15) is 5.25 Å². The molecule has 94 valence electrons. The minimum absolute atomic E-state index is 0.168. The number of halogens is 2. The molecule has 0 heterocycles. The summed E-state index contributed by atoms with van der Waals surface area (Å²) in [6.07, 6.45) is 0.337. The number of carboxylic acid groups (broad SMARTS) is 1. The van der Waals surface area contributed by atoms with E-state index in [1.807, 2.05) is 0 Å². The Bertz CT molecular complexity index is 448. The van der Waals surface area contributed by atoms with Gasteiger partial charge in [0.25, 0.3) is 0 Å². The van der Waals surface area contributed by atoms with Crippen molar-refractivity contribution < 1.29 is 14.1 Å². The van der Waals surface area contributed by atoms with Crippen LogP contribution in [-0.2, 0) is 21.3 Å². The molecule has 17 heavy (non-hydrogen) atoms. The highest BCUT2D eigenvalue weighted by Gasteiger charge is 2.22. The number of hydrogen-bond acceptors (Lipinski definition) is 2. The molecule has 0 saturated carbocycles. The molecule has 0 fully saturated rings. The van der Waals surface area contributed by atoms with Crippen molar-refractivity contribution in [1.29, 1.82) is 0 Å². The zero-order valence-corrected chi connectivity index (χ0v) is 11.5. The molecule has 2 atom stereocenters. The van der Waals surface area contributed by atoms with Crippen LogP contribution in [0.15, 0.2) is 18.2 Å². The van der Waals surface area contributed by atoms with Crippen LogP contribution in [0.25, 0.3) is 0 Å². The zero-order chi connectivity index (χ0) is 13.0. The molecule has 0 saturated heterocycles. The van der Waals surface area contributed by atoms with Crippen LogP contribution in [0.3, 0.4) is 0 Å². The van der Waals surface area contributed by atoms with Crippen molar-refractivity contribution in [2.75, 3.05) is 0 Å². The standard InChI is InChI=1S/C11H12Cl2O3S/c1-2-10(11(14)15)17(16)6-7-3-4-8(12)9(13)5-7/h3-5,10H,2,6H2,1H3,(H,14,15). The summed E-state index contributed by atoms with van der Waals surface area (Å²) >= 11 is 11.6. The van der Waals surface area contributed by atoms with Gasteiger partial charge in [0.15, 0.2) is 0 Å². The van der Waals surface area contributed by atoms with E-state index in [9.17, 15) is 9.00 Å². The molecule has 6 heteroatoms. The Morgan fingerprint density at radius 1 is 1.41 bits per heavy atom. The Morgan fingerprint density at radius 3 is 2.53 bits per heavy atom. The molecule has 0 aliphatic rings. The largest absolute Gasteiger partial charge is 0.480 e. The summed E-state index contributed by atoms with van der Waals surface area (Å²) in [6, 6.07) is 4.91. The van der Waals surface area contributed by atoms with Crippen LogP contribution in [0.2, 0.25) is 10.0 Å². The third-order valence-electron chi connectivity index (χ3n) is 2.26. The third kappa shape index (κ3) is 3.98. The van der Waals surface area contributed by atoms with Gasteiger partial charge in [-0.15, -0.1) is 0 Å². The van der Waals surface area contributed by atoms with Gasteiger partial charge in [-0.1, -0.05) is 36.2 Å². The molecular formula is C11H12Cl2O3S. The summed E-state index contributed by atoms with van der Waals surface area (Å²) in [7, 11) is -1.46. The highest BCUT2D eigenvalue weighted by molar-refractivity contribution is 7.85. The van der Waals surface area contributed by atoms with Crippen molar-refractivity contribution in [2.24, 2.45) is 0 Å². The van der Waals surface area contributed by atoms with Crippen LogP contribution in [0.5, 0.6) is 0 Å². The van der Waals surface area contributed by atoms with Crippen molar-refractivity contribution in [2.45, 2.75) is 24.3 Å².